The highest BCUT2D eigenvalue weighted by Gasteiger charge is 2.70. The van der Waals surface area contributed by atoms with Crippen LogP contribution in [-0.2, 0) is 33.8 Å². The van der Waals surface area contributed by atoms with Gasteiger partial charge in [0.1, 0.15) is 18.0 Å². The summed E-state index contributed by atoms with van der Waals surface area (Å²) in [5, 5.41) is 12.3. The molecule has 2 saturated carbocycles. The van der Waals surface area contributed by atoms with Crippen molar-refractivity contribution in [1.82, 2.24) is 31.5 Å². The Balaban J connectivity index is 1.71. The summed E-state index contributed by atoms with van der Waals surface area (Å²) in [5.74, 6) is -4.62. The third kappa shape index (κ3) is 10.0. The molecule has 3 fully saturated rings. The van der Waals surface area contributed by atoms with Gasteiger partial charge in [-0.05, 0) is 69.1 Å². The molecular weight excluding hydrogens is 652 g/mol. The van der Waals surface area contributed by atoms with E-state index in [1.165, 1.54) is 11.0 Å². The lowest BCUT2D eigenvalue weighted by Crippen LogP contribution is -2.62. The van der Waals surface area contributed by atoms with Gasteiger partial charge < -0.3 is 31.5 Å². The molecule has 276 valence electrons. The lowest BCUT2D eigenvalue weighted by molar-refractivity contribution is -0.145. The number of carbonyl (C=O) groups excluding carboxylic acids is 6. The van der Waals surface area contributed by atoms with Crippen molar-refractivity contribution in [3.05, 3.63) is 12.7 Å². The van der Waals surface area contributed by atoms with Crippen molar-refractivity contribution in [2.75, 3.05) is 19.0 Å². The fraction of sp³-hybridized carbons (Fsp3) is 0.765. The quantitative estimate of drug-likeness (QED) is 0.132. The van der Waals surface area contributed by atoms with Crippen LogP contribution in [0.25, 0.3) is 0 Å². The predicted octanol–water partition coefficient (Wildman–Crippen LogP) is 1.55. The number of amides is 6. The molecule has 0 aromatic carbocycles. The minimum absolute atomic E-state index is 0.0258. The molecule has 1 saturated heterocycles. The Kier molecular flexibility index (Phi) is 12.4. The van der Waals surface area contributed by atoms with E-state index in [-0.39, 0.29) is 30.1 Å². The Hall–Kier alpha value is -3.49. The third-order valence-electron chi connectivity index (χ3n) is 9.84. The van der Waals surface area contributed by atoms with E-state index in [1.807, 2.05) is 55.4 Å². The molecule has 0 aromatic rings. The van der Waals surface area contributed by atoms with Crippen molar-refractivity contribution in [2.24, 2.45) is 22.7 Å². The maximum atomic E-state index is 14.1. The Morgan fingerprint density at radius 2 is 1.57 bits per heavy atom. The number of hydrogen-bond acceptors (Lipinski definition) is 8. The number of nitrogens with one attached hydrogen (secondary N) is 5. The monoisotopic (exact) mass is 708 g/mol. The van der Waals surface area contributed by atoms with Crippen LogP contribution in [0.1, 0.15) is 93.9 Å². The van der Waals surface area contributed by atoms with Crippen molar-refractivity contribution in [3.63, 3.8) is 0 Å². The smallest absolute Gasteiger partial charge is 0.315 e. The van der Waals surface area contributed by atoms with Crippen molar-refractivity contribution in [1.29, 1.82) is 0 Å². The normalized spacial score (nSPS) is 23.0. The van der Waals surface area contributed by atoms with Gasteiger partial charge in [-0.3, -0.25) is 24.0 Å². The highest BCUT2D eigenvalue weighted by Crippen LogP contribution is 2.65. The number of urea groups is 1. The molecule has 49 heavy (non-hydrogen) atoms. The minimum Gasteiger partial charge on any atom is -0.344 e. The number of likely N-dealkylation sites (tertiary alicyclic amines) is 1. The van der Waals surface area contributed by atoms with Crippen molar-refractivity contribution in [2.45, 2.75) is 123 Å². The Morgan fingerprint density at radius 1 is 0.959 bits per heavy atom. The Labute approximate surface area is 290 Å². The summed E-state index contributed by atoms with van der Waals surface area (Å²) in [6.07, 6.45) is 4.61. The summed E-state index contributed by atoms with van der Waals surface area (Å²) in [6, 6.07) is -3.70. The lowest BCUT2D eigenvalue weighted by Gasteiger charge is -2.38. The standard InChI is InChI=1S/C34H56N6O8S/c1-10-11-16-22(26(42)29(44)35-17-23(41)36-19-49(47,48)20-14-12-13-15-20)37-28(43)25-24-21(34(24,8)9)18-40(25)30(45)27(32(2,3)4)38-31(46)39-33(5,6)7/h10,20-22,24-25,27H,1,11-19H2,2-9H3,(H,35,44)(H,36,41)(H,37,43)(H2,38,39,46)/t21?,22?,24?,25?,27-/m1/s1. The average molecular weight is 709 g/mol. The van der Waals surface area contributed by atoms with Crippen LogP contribution in [0.4, 0.5) is 4.79 Å². The molecule has 0 bridgehead atoms. The van der Waals surface area contributed by atoms with E-state index in [2.05, 4.69) is 33.2 Å². The predicted molar refractivity (Wildman–Crippen MR) is 184 cm³/mol. The van der Waals surface area contributed by atoms with Gasteiger partial charge in [-0.2, -0.15) is 0 Å². The molecule has 1 aliphatic heterocycles. The number of Topliss-reactive ketones (excluding diaryl/α,β-unsaturated/α-hetero) is 1. The number of hydrogen-bond donors (Lipinski definition) is 5. The molecule has 5 N–H and O–H groups in total. The molecule has 5 atom stereocenters. The Bertz CT molecular complexity index is 1420. The van der Waals surface area contributed by atoms with E-state index in [0.29, 0.717) is 19.4 Å². The molecule has 0 spiro atoms. The summed E-state index contributed by atoms with van der Waals surface area (Å²) in [4.78, 5) is 80.9. The van der Waals surface area contributed by atoms with Gasteiger partial charge in [-0.1, -0.05) is 53.5 Å². The summed E-state index contributed by atoms with van der Waals surface area (Å²) >= 11 is 0. The van der Waals surface area contributed by atoms with E-state index >= 15 is 0 Å². The van der Waals surface area contributed by atoms with Crippen molar-refractivity contribution >= 4 is 45.3 Å². The first kappa shape index (κ1) is 39.9. The van der Waals surface area contributed by atoms with E-state index in [1.54, 1.807) is 0 Å². The molecule has 0 radical (unpaired) electrons. The molecule has 15 heteroatoms. The summed E-state index contributed by atoms with van der Waals surface area (Å²) in [7, 11) is -3.52. The lowest BCUT2D eigenvalue weighted by atomic mass is 9.85. The number of piperidine rings is 1. The number of ketones is 1. The maximum absolute atomic E-state index is 14.1. The molecule has 0 aromatic heterocycles. The van der Waals surface area contributed by atoms with Crippen LogP contribution in [0.2, 0.25) is 0 Å². The van der Waals surface area contributed by atoms with Crippen LogP contribution in [-0.4, -0.2) is 96.6 Å². The molecule has 3 aliphatic rings. The van der Waals surface area contributed by atoms with Gasteiger partial charge in [0.25, 0.3) is 5.91 Å². The number of allylic oxidation sites excluding steroid dienone is 1. The van der Waals surface area contributed by atoms with E-state index in [4.69, 9.17) is 0 Å². The van der Waals surface area contributed by atoms with E-state index in [9.17, 15) is 37.2 Å². The first-order valence-corrected chi connectivity index (χ1v) is 18.8. The second-order valence-corrected chi connectivity index (χ2v) is 18.6. The fourth-order valence-corrected chi connectivity index (χ4v) is 8.61. The first-order chi connectivity index (χ1) is 22.5. The summed E-state index contributed by atoms with van der Waals surface area (Å²) in [5.41, 5.74) is -1.50. The summed E-state index contributed by atoms with van der Waals surface area (Å²) < 4.78 is 24.9. The molecule has 1 heterocycles. The van der Waals surface area contributed by atoms with Crippen LogP contribution < -0.4 is 26.6 Å². The number of nitrogens with zero attached hydrogens (tertiary/aromatic N) is 1. The van der Waals surface area contributed by atoms with Crippen LogP contribution >= 0.6 is 0 Å². The fourth-order valence-electron chi connectivity index (χ4n) is 6.96. The number of carbonyl (C=O) groups is 6. The highest BCUT2D eigenvalue weighted by atomic mass is 32.2. The number of sulfone groups is 1. The van der Waals surface area contributed by atoms with Gasteiger partial charge in [0, 0.05) is 12.1 Å². The zero-order valence-electron chi connectivity index (χ0n) is 30.2. The van der Waals surface area contributed by atoms with Crippen LogP contribution in [0.3, 0.4) is 0 Å². The van der Waals surface area contributed by atoms with Gasteiger partial charge in [-0.25, -0.2) is 13.2 Å². The molecule has 14 nitrogen and oxygen atoms in total. The summed E-state index contributed by atoms with van der Waals surface area (Å²) in [6.45, 7) is 18.3. The molecule has 3 rings (SSSR count). The zero-order valence-corrected chi connectivity index (χ0v) is 31.1. The van der Waals surface area contributed by atoms with Gasteiger partial charge in [-0.15, -0.1) is 6.58 Å². The van der Waals surface area contributed by atoms with Gasteiger partial charge in [0.15, 0.2) is 9.84 Å². The van der Waals surface area contributed by atoms with Crippen LogP contribution in [0, 0.1) is 22.7 Å². The SMILES string of the molecule is C=CCCC(NC(=O)C1C2C(CN1C(=O)[C@@H](NC(=O)NC(C)(C)C)C(C)(C)C)C2(C)C)C(=O)C(=O)NCC(=O)NCS(=O)(=O)C1CCCC1. The molecule has 4 unspecified atom stereocenters. The average Bonchev–Trinajstić information content (AvgIpc) is 3.44. The first-order valence-electron chi connectivity index (χ1n) is 17.1. The van der Waals surface area contributed by atoms with Crippen LogP contribution in [0.15, 0.2) is 12.7 Å². The topological polar surface area (TPSA) is 200 Å². The van der Waals surface area contributed by atoms with Gasteiger partial charge in [0.05, 0.1) is 17.8 Å². The molecule has 2 aliphatic carbocycles. The second-order valence-electron chi connectivity index (χ2n) is 16.3. The van der Waals surface area contributed by atoms with E-state index in [0.717, 1.165) is 12.8 Å². The minimum atomic E-state index is -3.52. The number of fused-ring (bicyclic) bond motifs is 1. The second kappa shape index (κ2) is 15.2. The maximum Gasteiger partial charge on any atom is 0.315 e. The van der Waals surface area contributed by atoms with Crippen molar-refractivity contribution < 1.29 is 37.2 Å². The zero-order chi connectivity index (χ0) is 37.1. The van der Waals surface area contributed by atoms with Crippen LogP contribution in [0.5, 0.6) is 0 Å². The van der Waals surface area contributed by atoms with Gasteiger partial charge in [0.2, 0.25) is 23.5 Å². The van der Waals surface area contributed by atoms with E-state index < -0.39 is 92.0 Å². The van der Waals surface area contributed by atoms with Crippen molar-refractivity contribution in [3.8, 4) is 0 Å². The molecular formula is C34H56N6O8S. The number of rotatable bonds is 14. The Morgan fingerprint density at radius 3 is 2.12 bits per heavy atom. The molecule has 6 amide bonds. The highest BCUT2D eigenvalue weighted by molar-refractivity contribution is 7.92. The largest absolute Gasteiger partial charge is 0.344 e. The van der Waals surface area contributed by atoms with Gasteiger partial charge >= 0.3 is 6.03 Å². The third-order valence-corrected chi connectivity index (χ3v) is 11.9.